The van der Waals surface area contributed by atoms with Gasteiger partial charge in [0.2, 0.25) is 5.91 Å². The highest BCUT2D eigenvalue weighted by Gasteiger charge is 2.25. The summed E-state index contributed by atoms with van der Waals surface area (Å²) in [5, 5.41) is 4.09. The minimum atomic E-state index is -0.446. The van der Waals surface area contributed by atoms with E-state index in [1.165, 1.54) is 11.8 Å². The minimum Gasteiger partial charge on any atom is -0.305 e. The number of amides is 1. The molecule has 3 nitrogen and oxygen atoms in total. The van der Waals surface area contributed by atoms with E-state index in [1.54, 1.807) is 0 Å². The Morgan fingerprint density at radius 3 is 2.71 bits per heavy atom. The van der Waals surface area contributed by atoms with Gasteiger partial charge >= 0.3 is 0 Å². The van der Waals surface area contributed by atoms with Gasteiger partial charge in [-0.2, -0.15) is 0 Å². The molecule has 0 aromatic heterocycles. The van der Waals surface area contributed by atoms with Crippen molar-refractivity contribution in [2.45, 2.75) is 19.4 Å². The third-order valence-corrected chi connectivity index (χ3v) is 3.70. The molecule has 1 aromatic rings. The smallest absolute Gasteiger partial charge is 0.236 e. The van der Waals surface area contributed by atoms with Gasteiger partial charge in [-0.15, -0.1) is 0 Å². The van der Waals surface area contributed by atoms with Crippen LogP contribution in [0.1, 0.15) is 19.4 Å². The summed E-state index contributed by atoms with van der Waals surface area (Å²) in [6, 6.07) is 7.62. The molecule has 17 heavy (non-hydrogen) atoms. The number of amidine groups is 1. The number of aliphatic imine (C=N–C) groups is 1. The average Bonchev–Trinajstić information content (AvgIpc) is 2.63. The number of nitrogens with zero attached hydrogens (tertiary/aromatic N) is 1. The molecule has 0 spiro atoms. The Labute approximate surface area is 110 Å². The van der Waals surface area contributed by atoms with Crippen molar-refractivity contribution >= 4 is 34.4 Å². The Morgan fingerprint density at radius 2 is 2.12 bits per heavy atom. The van der Waals surface area contributed by atoms with Gasteiger partial charge in [0.25, 0.3) is 0 Å². The number of rotatable bonds is 2. The third kappa shape index (κ3) is 2.82. The Balaban J connectivity index is 2.31. The van der Waals surface area contributed by atoms with Crippen LogP contribution < -0.4 is 5.32 Å². The molecule has 1 saturated heterocycles. The summed E-state index contributed by atoms with van der Waals surface area (Å²) in [6.45, 7) is 3.96. The fourth-order valence-electron chi connectivity index (χ4n) is 1.66. The number of benzene rings is 1. The summed E-state index contributed by atoms with van der Waals surface area (Å²) in [5.74, 6) is 0.445. The van der Waals surface area contributed by atoms with Crippen LogP contribution in [0.4, 0.5) is 0 Å². The molecule has 2 rings (SSSR count). The Hall–Kier alpha value is -1.00. The largest absolute Gasteiger partial charge is 0.305 e. The summed E-state index contributed by atoms with van der Waals surface area (Å²) in [6.07, 6.45) is 0. The Bertz CT molecular complexity index is 485. The van der Waals surface area contributed by atoms with Gasteiger partial charge in [-0.3, -0.25) is 9.79 Å². The predicted octanol–water partition coefficient (Wildman–Crippen LogP) is 2.79. The molecule has 1 aromatic carbocycles. The highest BCUT2D eigenvalue weighted by Crippen LogP contribution is 2.32. The first kappa shape index (κ1) is 12.5. The van der Waals surface area contributed by atoms with Gasteiger partial charge in [0.15, 0.2) is 5.17 Å². The lowest BCUT2D eigenvalue weighted by atomic mass is 9.95. The highest BCUT2D eigenvalue weighted by molar-refractivity contribution is 8.15. The molecule has 0 unspecified atom stereocenters. The van der Waals surface area contributed by atoms with Crippen molar-refractivity contribution in [3.63, 3.8) is 0 Å². The maximum atomic E-state index is 11.1. The number of thioether (sulfide) groups is 1. The second kappa shape index (κ2) is 4.70. The molecule has 1 heterocycles. The number of halogens is 1. The second-order valence-electron chi connectivity index (χ2n) is 4.29. The van der Waals surface area contributed by atoms with Crippen LogP contribution in [0.25, 0.3) is 0 Å². The van der Waals surface area contributed by atoms with Crippen LogP contribution in [0.3, 0.4) is 0 Å². The number of hydrogen-bond donors (Lipinski definition) is 1. The quantitative estimate of drug-likeness (QED) is 0.896. The molecule has 0 radical (unpaired) electrons. The van der Waals surface area contributed by atoms with Gasteiger partial charge in [0.05, 0.1) is 11.3 Å². The van der Waals surface area contributed by atoms with Crippen molar-refractivity contribution in [2.24, 2.45) is 4.99 Å². The van der Waals surface area contributed by atoms with Crippen LogP contribution >= 0.6 is 23.4 Å². The van der Waals surface area contributed by atoms with E-state index in [4.69, 9.17) is 11.6 Å². The fourth-order valence-corrected chi connectivity index (χ4v) is 2.84. The highest BCUT2D eigenvalue weighted by atomic mass is 35.5. The summed E-state index contributed by atoms with van der Waals surface area (Å²) >= 11 is 7.58. The fraction of sp³-hybridized carbons (Fsp3) is 0.333. The van der Waals surface area contributed by atoms with Gasteiger partial charge in [0.1, 0.15) is 0 Å². The van der Waals surface area contributed by atoms with Crippen molar-refractivity contribution in [2.75, 3.05) is 5.75 Å². The molecule has 5 heteroatoms. The molecule has 1 aliphatic heterocycles. The SMILES string of the molecule is CC(C)(N=C1NC(=O)CS1)c1ccccc1Cl. The van der Waals surface area contributed by atoms with Crippen LogP contribution in [-0.4, -0.2) is 16.8 Å². The number of nitrogens with one attached hydrogen (secondary N) is 1. The molecule has 0 bridgehead atoms. The van der Waals surface area contributed by atoms with E-state index < -0.39 is 5.54 Å². The lowest BCUT2D eigenvalue weighted by Gasteiger charge is -2.22. The van der Waals surface area contributed by atoms with Crippen molar-refractivity contribution < 1.29 is 4.79 Å². The molecule has 1 aliphatic rings. The number of carbonyl (C=O) groups excluding carboxylic acids is 1. The molecular formula is C12H13ClN2OS. The van der Waals surface area contributed by atoms with E-state index in [2.05, 4.69) is 10.3 Å². The molecule has 1 amide bonds. The topological polar surface area (TPSA) is 41.5 Å². The van der Waals surface area contributed by atoms with Crippen molar-refractivity contribution in [3.8, 4) is 0 Å². The monoisotopic (exact) mass is 268 g/mol. The van der Waals surface area contributed by atoms with Crippen LogP contribution in [0.15, 0.2) is 29.3 Å². The molecular weight excluding hydrogens is 256 g/mol. The minimum absolute atomic E-state index is 0.00343. The summed E-state index contributed by atoms with van der Waals surface area (Å²) in [4.78, 5) is 15.7. The van der Waals surface area contributed by atoms with Crippen LogP contribution in [0.2, 0.25) is 5.02 Å². The number of carbonyl (C=O) groups is 1. The summed E-state index contributed by atoms with van der Waals surface area (Å²) in [5.41, 5.74) is 0.508. The number of hydrogen-bond acceptors (Lipinski definition) is 3. The van der Waals surface area contributed by atoms with Crippen LogP contribution in [0.5, 0.6) is 0 Å². The zero-order valence-electron chi connectivity index (χ0n) is 9.66. The van der Waals surface area contributed by atoms with Gasteiger partial charge in [-0.1, -0.05) is 41.6 Å². The molecule has 0 aliphatic carbocycles. The van der Waals surface area contributed by atoms with Gasteiger partial charge < -0.3 is 5.32 Å². The first-order valence-electron chi connectivity index (χ1n) is 5.26. The maximum absolute atomic E-state index is 11.1. The van der Waals surface area contributed by atoms with Gasteiger partial charge in [0, 0.05) is 5.02 Å². The zero-order valence-corrected chi connectivity index (χ0v) is 11.2. The standard InChI is InChI=1S/C12H13ClN2OS/c1-12(2,8-5-3-4-6-9(8)13)15-11-14-10(16)7-17-11/h3-6H,7H2,1-2H3,(H,14,15,16). The van der Waals surface area contributed by atoms with E-state index in [0.717, 1.165) is 5.56 Å². The zero-order chi connectivity index (χ0) is 12.5. The van der Waals surface area contributed by atoms with E-state index >= 15 is 0 Å². The van der Waals surface area contributed by atoms with Crippen molar-refractivity contribution in [1.82, 2.24) is 5.32 Å². The van der Waals surface area contributed by atoms with Crippen LogP contribution in [0, 0.1) is 0 Å². The first-order chi connectivity index (χ1) is 7.99. The lowest BCUT2D eigenvalue weighted by molar-refractivity contribution is -0.116. The molecule has 1 fully saturated rings. The maximum Gasteiger partial charge on any atom is 0.236 e. The van der Waals surface area contributed by atoms with E-state index in [-0.39, 0.29) is 5.91 Å². The van der Waals surface area contributed by atoms with E-state index in [1.807, 2.05) is 38.1 Å². The molecule has 0 saturated carbocycles. The first-order valence-corrected chi connectivity index (χ1v) is 6.63. The average molecular weight is 269 g/mol. The summed E-state index contributed by atoms with van der Waals surface area (Å²) < 4.78 is 0. The Kier molecular flexibility index (Phi) is 3.45. The van der Waals surface area contributed by atoms with E-state index in [9.17, 15) is 4.79 Å². The molecule has 0 atom stereocenters. The molecule has 90 valence electrons. The Morgan fingerprint density at radius 1 is 1.41 bits per heavy atom. The summed E-state index contributed by atoms with van der Waals surface area (Å²) in [7, 11) is 0. The lowest BCUT2D eigenvalue weighted by Crippen LogP contribution is -2.24. The van der Waals surface area contributed by atoms with Crippen molar-refractivity contribution in [1.29, 1.82) is 0 Å². The van der Waals surface area contributed by atoms with Gasteiger partial charge in [-0.05, 0) is 25.5 Å². The predicted molar refractivity (Wildman–Crippen MR) is 72.5 cm³/mol. The van der Waals surface area contributed by atoms with Crippen LogP contribution in [-0.2, 0) is 10.3 Å². The molecule has 1 N–H and O–H groups in total. The normalized spacial score (nSPS) is 18.5. The van der Waals surface area contributed by atoms with E-state index in [0.29, 0.717) is 15.9 Å². The third-order valence-electron chi connectivity index (χ3n) is 2.50. The van der Waals surface area contributed by atoms with Crippen molar-refractivity contribution in [3.05, 3.63) is 34.9 Å². The second-order valence-corrected chi connectivity index (χ2v) is 5.66. The van der Waals surface area contributed by atoms with Gasteiger partial charge in [-0.25, -0.2) is 0 Å².